The van der Waals surface area contributed by atoms with Crippen molar-refractivity contribution in [3.8, 4) is 50.2 Å². The van der Waals surface area contributed by atoms with Gasteiger partial charge in [-0.1, -0.05) is 178 Å². The number of hydrogen-bond acceptors (Lipinski definition) is 0. The minimum Gasteiger partial charge on any atom is -0.309 e. The van der Waals surface area contributed by atoms with Crippen molar-refractivity contribution >= 4 is 43.4 Å². The van der Waals surface area contributed by atoms with Crippen LogP contribution in [0.25, 0.3) is 93.5 Å². The molecule has 0 aliphatic heterocycles. The Morgan fingerprint density at radius 2 is 0.764 bits per heavy atom. The summed E-state index contributed by atoms with van der Waals surface area (Å²) in [5.41, 5.74) is 14.9. The topological polar surface area (TPSA) is 4.93 Å². The molecule has 55 heavy (non-hydrogen) atoms. The Morgan fingerprint density at radius 1 is 0.309 bits per heavy atom. The smallest absolute Gasteiger partial charge is 0.0541 e. The summed E-state index contributed by atoms with van der Waals surface area (Å²) in [7, 11) is 0. The van der Waals surface area contributed by atoms with E-state index in [1.807, 2.05) is 0 Å². The van der Waals surface area contributed by atoms with Gasteiger partial charge in [-0.2, -0.15) is 0 Å². The summed E-state index contributed by atoms with van der Waals surface area (Å²) in [6.07, 6.45) is 0. The number of benzene rings is 9. The van der Waals surface area contributed by atoms with Gasteiger partial charge < -0.3 is 4.57 Å². The molecule has 0 aliphatic rings. The molecular formula is C54H41N. The summed E-state index contributed by atoms with van der Waals surface area (Å²) in [5.74, 6) is 0. The van der Waals surface area contributed by atoms with Crippen molar-refractivity contribution in [2.75, 3.05) is 0 Å². The zero-order valence-corrected chi connectivity index (χ0v) is 31.4. The highest BCUT2D eigenvalue weighted by atomic mass is 15.0. The lowest BCUT2D eigenvalue weighted by Crippen LogP contribution is -2.10. The fraction of sp³-hybridized carbons (Fsp3) is 0.0741. The molecule has 0 amide bonds. The van der Waals surface area contributed by atoms with Crippen molar-refractivity contribution in [3.05, 3.63) is 200 Å². The number of aromatic nitrogens is 1. The molecule has 1 heteroatoms. The van der Waals surface area contributed by atoms with Crippen LogP contribution in [0.4, 0.5) is 0 Å². The molecule has 1 nitrogen and oxygen atoms in total. The molecule has 1 heterocycles. The van der Waals surface area contributed by atoms with Crippen LogP contribution < -0.4 is 0 Å². The van der Waals surface area contributed by atoms with E-state index in [4.69, 9.17) is 0 Å². The Hall–Kier alpha value is -6.70. The lowest BCUT2D eigenvalue weighted by Gasteiger charge is -2.23. The van der Waals surface area contributed by atoms with E-state index in [1.165, 1.54) is 93.4 Å². The van der Waals surface area contributed by atoms with Gasteiger partial charge in [0, 0.05) is 16.5 Å². The third-order valence-corrected chi connectivity index (χ3v) is 11.4. The van der Waals surface area contributed by atoms with E-state index in [0.717, 1.165) is 5.69 Å². The molecular weight excluding hydrogens is 663 g/mol. The van der Waals surface area contributed by atoms with E-state index in [1.54, 1.807) is 0 Å². The second-order valence-corrected chi connectivity index (χ2v) is 15.7. The molecule has 0 saturated heterocycles. The summed E-state index contributed by atoms with van der Waals surface area (Å²) in [4.78, 5) is 0. The third-order valence-electron chi connectivity index (χ3n) is 11.4. The number of para-hydroxylation sites is 1. The van der Waals surface area contributed by atoms with Gasteiger partial charge in [0.1, 0.15) is 0 Å². The molecule has 0 atom stereocenters. The maximum Gasteiger partial charge on any atom is 0.0541 e. The Labute approximate surface area is 322 Å². The van der Waals surface area contributed by atoms with Gasteiger partial charge in [-0.25, -0.2) is 0 Å². The highest BCUT2D eigenvalue weighted by Crippen LogP contribution is 2.45. The molecule has 0 unspecified atom stereocenters. The van der Waals surface area contributed by atoms with Crippen LogP contribution in [-0.2, 0) is 5.41 Å². The van der Waals surface area contributed by atoms with Crippen LogP contribution in [0, 0.1) is 0 Å². The predicted molar refractivity (Wildman–Crippen MR) is 236 cm³/mol. The third kappa shape index (κ3) is 5.63. The number of hydrogen-bond donors (Lipinski definition) is 0. The normalized spacial score (nSPS) is 11.9. The summed E-state index contributed by atoms with van der Waals surface area (Å²) < 4.78 is 2.42. The van der Waals surface area contributed by atoms with Crippen LogP contribution >= 0.6 is 0 Å². The second-order valence-electron chi connectivity index (χ2n) is 15.7. The van der Waals surface area contributed by atoms with E-state index in [9.17, 15) is 0 Å². The van der Waals surface area contributed by atoms with Crippen LogP contribution in [0.5, 0.6) is 0 Å². The van der Waals surface area contributed by atoms with E-state index >= 15 is 0 Å². The molecule has 0 saturated carbocycles. The first-order valence-electron chi connectivity index (χ1n) is 19.3. The van der Waals surface area contributed by atoms with Crippen molar-refractivity contribution < 1.29 is 0 Å². The average molecular weight is 704 g/mol. The minimum absolute atomic E-state index is 0.0334. The van der Waals surface area contributed by atoms with Gasteiger partial charge in [-0.15, -0.1) is 0 Å². The van der Waals surface area contributed by atoms with Crippen molar-refractivity contribution in [1.82, 2.24) is 4.57 Å². The Balaban J connectivity index is 1.11. The lowest BCUT2D eigenvalue weighted by molar-refractivity contribution is 0.591. The standard InChI is InChI=1S/C54H41N/c1-54(2,3)42-29-32-47-49(35-42)53(39-16-8-5-9-17-39)46-20-11-10-19-45(46)52(47)40-26-30-43(31-27-40)55-50-21-13-12-18-44(50)48-34-41(28-33-51(48)55)38-24-22-37(23-25-38)36-14-6-4-7-15-36/h4-35H,1-3H3. The quantitative estimate of drug-likeness (QED) is 0.157. The number of fused-ring (bicyclic) bond motifs is 5. The molecule has 0 bridgehead atoms. The molecule has 9 aromatic carbocycles. The summed E-state index contributed by atoms with van der Waals surface area (Å²) >= 11 is 0. The molecule has 0 radical (unpaired) electrons. The van der Waals surface area contributed by atoms with Gasteiger partial charge in [-0.3, -0.25) is 0 Å². The van der Waals surface area contributed by atoms with Gasteiger partial charge in [0.05, 0.1) is 11.0 Å². The van der Waals surface area contributed by atoms with Crippen molar-refractivity contribution in [1.29, 1.82) is 0 Å². The van der Waals surface area contributed by atoms with E-state index in [2.05, 4.69) is 219 Å². The first kappa shape index (κ1) is 32.9. The molecule has 0 N–H and O–H groups in total. The monoisotopic (exact) mass is 703 g/mol. The Kier molecular flexibility index (Phi) is 7.78. The molecule has 10 rings (SSSR count). The van der Waals surface area contributed by atoms with Gasteiger partial charge in [0.15, 0.2) is 0 Å². The van der Waals surface area contributed by atoms with Gasteiger partial charge in [0.25, 0.3) is 0 Å². The van der Waals surface area contributed by atoms with Crippen LogP contribution in [0.15, 0.2) is 194 Å². The van der Waals surface area contributed by atoms with Crippen LogP contribution in [-0.4, -0.2) is 4.57 Å². The molecule has 1 aromatic heterocycles. The Bertz CT molecular complexity index is 3020. The molecule has 0 fully saturated rings. The summed E-state index contributed by atoms with van der Waals surface area (Å²) in [6, 6.07) is 71.4. The minimum atomic E-state index is 0.0334. The van der Waals surface area contributed by atoms with Gasteiger partial charge >= 0.3 is 0 Å². The summed E-state index contributed by atoms with van der Waals surface area (Å²) in [5, 5.41) is 7.63. The second kappa shape index (κ2) is 13.0. The highest BCUT2D eigenvalue weighted by Gasteiger charge is 2.21. The van der Waals surface area contributed by atoms with E-state index in [0.29, 0.717) is 0 Å². The molecule has 0 aliphatic carbocycles. The van der Waals surface area contributed by atoms with Gasteiger partial charge in [0.2, 0.25) is 0 Å². The molecule has 10 aromatic rings. The van der Waals surface area contributed by atoms with Crippen LogP contribution in [0.3, 0.4) is 0 Å². The van der Waals surface area contributed by atoms with Gasteiger partial charge in [-0.05, 0) is 113 Å². The van der Waals surface area contributed by atoms with Crippen molar-refractivity contribution in [2.24, 2.45) is 0 Å². The maximum atomic E-state index is 2.44. The number of nitrogens with zero attached hydrogens (tertiary/aromatic N) is 1. The first-order chi connectivity index (χ1) is 26.9. The Morgan fingerprint density at radius 3 is 1.42 bits per heavy atom. The maximum absolute atomic E-state index is 2.44. The fourth-order valence-corrected chi connectivity index (χ4v) is 8.57. The first-order valence-corrected chi connectivity index (χ1v) is 19.3. The zero-order chi connectivity index (χ0) is 37.1. The largest absolute Gasteiger partial charge is 0.309 e. The van der Waals surface area contributed by atoms with E-state index < -0.39 is 0 Å². The fourth-order valence-electron chi connectivity index (χ4n) is 8.57. The SMILES string of the molecule is CC(C)(C)c1ccc2c(-c3ccc(-n4c5ccccc5c5cc(-c6ccc(-c7ccccc7)cc6)ccc54)cc3)c3ccccc3c(-c3ccccc3)c2c1. The summed E-state index contributed by atoms with van der Waals surface area (Å²) in [6.45, 7) is 6.90. The van der Waals surface area contributed by atoms with Crippen LogP contribution in [0.1, 0.15) is 26.3 Å². The predicted octanol–water partition coefficient (Wildman–Crippen LogP) is 15.1. The van der Waals surface area contributed by atoms with Crippen molar-refractivity contribution in [2.45, 2.75) is 26.2 Å². The lowest BCUT2D eigenvalue weighted by atomic mass is 9.81. The highest BCUT2D eigenvalue weighted by molar-refractivity contribution is 6.21. The number of rotatable bonds is 5. The van der Waals surface area contributed by atoms with Crippen LogP contribution in [0.2, 0.25) is 0 Å². The molecule has 262 valence electrons. The average Bonchev–Trinajstić information content (AvgIpc) is 3.56. The van der Waals surface area contributed by atoms with Crippen molar-refractivity contribution in [3.63, 3.8) is 0 Å². The van der Waals surface area contributed by atoms with E-state index in [-0.39, 0.29) is 5.41 Å². The zero-order valence-electron chi connectivity index (χ0n) is 31.4. The molecule has 0 spiro atoms.